The van der Waals surface area contributed by atoms with Crippen molar-refractivity contribution in [2.45, 2.75) is 6.18 Å². The van der Waals surface area contributed by atoms with Crippen LogP contribution < -0.4 is 0 Å². The first kappa shape index (κ1) is 10.4. The van der Waals surface area contributed by atoms with Crippen LogP contribution in [0.5, 0.6) is 0 Å². The van der Waals surface area contributed by atoms with Crippen LogP contribution in [0.1, 0.15) is 5.69 Å². The van der Waals surface area contributed by atoms with E-state index < -0.39 is 22.5 Å². The number of hydrogen-bond acceptors (Lipinski definition) is 3. The molecule has 0 unspecified atom stereocenters. The third kappa shape index (κ3) is 1.58. The van der Waals surface area contributed by atoms with Crippen LogP contribution in [0.3, 0.4) is 0 Å². The van der Waals surface area contributed by atoms with Gasteiger partial charge in [0.2, 0.25) is 5.65 Å². The Hall–Kier alpha value is -2.12. The van der Waals surface area contributed by atoms with Crippen LogP contribution in [0.4, 0.5) is 18.9 Å². The van der Waals surface area contributed by atoms with Gasteiger partial charge in [0.15, 0.2) is 5.69 Å². The zero-order valence-corrected chi connectivity index (χ0v) is 7.60. The molecule has 0 saturated heterocycles. The number of nitrogens with zero attached hydrogens (tertiary/aromatic N) is 3. The maximum Gasteiger partial charge on any atom is 0.434 e. The quantitative estimate of drug-likeness (QED) is 0.558. The van der Waals surface area contributed by atoms with Crippen molar-refractivity contribution in [2.24, 2.45) is 0 Å². The predicted molar refractivity (Wildman–Crippen MR) is 46.8 cm³/mol. The normalized spacial score (nSPS) is 11.9. The Morgan fingerprint density at radius 2 is 2.12 bits per heavy atom. The van der Waals surface area contributed by atoms with Gasteiger partial charge in [-0.15, -0.1) is 0 Å². The lowest BCUT2D eigenvalue weighted by Crippen LogP contribution is -2.04. The van der Waals surface area contributed by atoms with Gasteiger partial charge in [0, 0.05) is 18.5 Å². The van der Waals surface area contributed by atoms with E-state index in [1.165, 1.54) is 12.3 Å². The SMILES string of the molecule is O=[N+]([O-])c1cccn2cc(C(F)(F)F)nc12. The summed E-state index contributed by atoms with van der Waals surface area (Å²) >= 11 is 0. The lowest BCUT2D eigenvalue weighted by Gasteiger charge is -1.98. The smallest absolute Gasteiger partial charge is 0.301 e. The molecule has 0 amide bonds. The number of fused-ring (bicyclic) bond motifs is 1. The Morgan fingerprint density at radius 1 is 1.44 bits per heavy atom. The van der Waals surface area contributed by atoms with Crippen molar-refractivity contribution in [3.05, 3.63) is 40.3 Å². The summed E-state index contributed by atoms with van der Waals surface area (Å²) in [5, 5.41) is 10.5. The molecule has 0 aliphatic carbocycles. The highest BCUT2D eigenvalue weighted by atomic mass is 19.4. The number of nitro groups is 1. The molecule has 2 aromatic heterocycles. The molecular weight excluding hydrogens is 227 g/mol. The number of hydrogen-bond donors (Lipinski definition) is 0. The zero-order chi connectivity index (χ0) is 11.9. The first-order valence-corrected chi connectivity index (χ1v) is 4.09. The average Bonchev–Trinajstić information content (AvgIpc) is 2.59. The molecule has 2 rings (SSSR count). The van der Waals surface area contributed by atoms with Gasteiger partial charge in [-0.2, -0.15) is 13.2 Å². The molecule has 8 heteroatoms. The summed E-state index contributed by atoms with van der Waals surface area (Å²) in [6, 6.07) is 2.38. The molecule has 0 atom stereocenters. The fraction of sp³-hybridized carbons (Fsp3) is 0.125. The van der Waals surface area contributed by atoms with Crippen molar-refractivity contribution in [3.63, 3.8) is 0 Å². The van der Waals surface area contributed by atoms with E-state index in [0.29, 0.717) is 6.20 Å². The van der Waals surface area contributed by atoms with E-state index in [4.69, 9.17) is 0 Å². The minimum absolute atomic E-state index is 0.320. The summed E-state index contributed by atoms with van der Waals surface area (Å²) in [5.41, 5.74) is -1.93. The first-order valence-electron chi connectivity index (χ1n) is 4.09. The Balaban J connectivity index is 2.71. The number of halogens is 3. The van der Waals surface area contributed by atoms with E-state index in [-0.39, 0.29) is 5.65 Å². The molecule has 0 spiro atoms. The maximum absolute atomic E-state index is 12.3. The summed E-state index contributed by atoms with van der Waals surface area (Å²) in [4.78, 5) is 13.0. The largest absolute Gasteiger partial charge is 0.434 e. The van der Waals surface area contributed by atoms with Gasteiger partial charge in [-0.3, -0.25) is 10.1 Å². The van der Waals surface area contributed by atoms with E-state index in [9.17, 15) is 23.3 Å². The van der Waals surface area contributed by atoms with E-state index in [0.717, 1.165) is 10.5 Å². The Morgan fingerprint density at radius 3 is 2.69 bits per heavy atom. The number of imidazole rings is 1. The van der Waals surface area contributed by atoms with Gasteiger partial charge in [-0.05, 0) is 6.07 Å². The highest BCUT2D eigenvalue weighted by Gasteiger charge is 2.34. The molecule has 0 aromatic carbocycles. The van der Waals surface area contributed by atoms with Crippen LogP contribution >= 0.6 is 0 Å². The van der Waals surface area contributed by atoms with Crippen LogP contribution in [0.2, 0.25) is 0 Å². The van der Waals surface area contributed by atoms with Crippen LogP contribution in [0, 0.1) is 10.1 Å². The highest BCUT2D eigenvalue weighted by molar-refractivity contribution is 5.59. The van der Waals surface area contributed by atoms with Gasteiger partial charge in [0.1, 0.15) is 0 Å². The number of aromatic nitrogens is 2. The average molecular weight is 231 g/mol. The van der Waals surface area contributed by atoms with Crippen LogP contribution in [-0.2, 0) is 6.18 Å². The molecule has 0 fully saturated rings. The van der Waals surface area contributed by atoms with Gasteiger partial charge in [-0.1, -0.05) is 0 Å². The summed E-state index contributed by atoms with van der Waals surface area (Å²) in [6.45, 7) is 0. The van der Waals surface area contributed by atoms with Crippen LogP contribution in [-0.4, -0.2) is 14.3 Å². The molecule has 0 saturated carbocycles. The minimum atomic E-state index is -4.61. The molecule has 16 heavy (non-hydrogen) atoms. The molecule has 0 radical (unpaired) electrons. The fourth-order valence-electron chi connectivity index (χ4n) is 1.28. The number of rotatable bonds is 1. The lowest BCUT2D eigenvalue weighted by atomic mass is 10.4. The second kappa shape index (κ2) is 3.19. The van der Waals surface area contributed by atoms with Crippen LogP contribution in [0.15, 0.2) is 24.5 Å². The first-order chi connectivity index (χ1) is 7.39. The van der Waals surface area contributed by atoms with Crippen molar-refractivity contribution in [1.29, 1.82) is 0 Å². The monoisotopic (exact) mass is 231 g/mol. The van der Waals surface area contributed by atoms with Gasteiger partial charge in [0.05, 0.1) is 4.92 Å². The topological polar surface area (TPSA) is 60.4 Å². The third-order valence-corrected chi connectivity index (χ3v) is 1.95. The Kier molecular flexibility index (Phi) is 2.07. The van der Waals surface area contributed by atoms with E-state index in [2.05, 4.69) is 4.98 Å². The molecule has 84 valence electrons. The van der Waals surface area contributed by atoms with Crippen molar-refractivity contribution >= 4 is 11.3 Å². The van der Waals surface area contributed by atoms with Crippen molar-refractivity contribution in [2.75, 3.05) is 0 Å². The second-order valence-electron chi connectivity index (χ2n) is 3.01. The summed E-state index contributed by atoms with van der Waals surface area (Å²) in [5.74, 6) is 0. The van der Waals surface area contributed by atoms with Gasteiger partial charge in [0.25, 0.3) is 0 Å². The maximum atomic E-state index is 12.3. The zero-order valence-electron chi connectivity index (χ0n) is 7.60. The molecular formula is C8H4F3N3O2. The number of alkyl halides is 3. The van der Waals surface area contributed by atoms with Crippen molar-refractivity contribution < 1.29 is 18.1 Å². The van der Waals surface area contributed by atoms with Crippen molar-refractivity contribution in [3.8, 4) is 0 Å². The second-order valence-corrected chi connectivity index (χ2v) is 3.01. The summed E-state index contributed by atoms with van der Waals surface area (Å²) in [7, 11) is 0. The molecule has 2 heterocycles. The minimum Gasteiger partial charge on any atom is -0.301 e. The predicted octanol–water partition coefficient (Wildman–Crippen LogP) is 2.26. The van der Waals surface area contributed by atoms with E-state index >= 15 is 0 Å². The molecule has 5 nitrogen and oxygen atoms in total. The number of pyridine rings is 1. The molecule has 0 aliphatic heterocycles. The summed E-state index contributed by atoms with van der Waals surface area (Å²) < 4.78 is 37.9. The third-order valence-electron chi connectivity index (χ3n) is 1.95. The lowest BCUT2D eigenvalue weighted by molar-refractivity contribution is -0.383. The molecule has 0 aliphatic rings. The van der Waals surface area contributed by atoms with Gasteiger partial charge in [-0.25, -0.2) is 4.98 Å². The van der Waals surface area contributed by atoms with Crippen molar-refractivity contribution in [1.82, 2.24) is 9.38 Å². The fourth-order valence-corrected chi connectivity index (χ4v) is 1.28. The molecule has 0 bridgehead atoms. The Labute approximate surface area is 86.3 Å². The van der Waals surface area contributed by atoms with E-state index in [1.54, 1.807) is 0 Å². The van der Waals surface area contributed by atoms with E-state index in [1.807, 2.05) is 0 Å². The Bertz CT molecular complexity index is 561. The standard InChI is InChI=1S/C8H4F3N3O2/c9-8(10,11)6-4-13-3-1-2-5(14(15)16)7(13)12-6/h1-4H. The van der Waals surface area contributed by atoms with Crippen LogP contribution in [0.25, 0.3) is 5.65 Å². The summed E-state index contributed by atoms with van der Waals surface area (Å²) in [6.07, 6.45) is -2.63. The molecule has 0 N–H and O–H groups in total. The van der Waals surface area contributed by atoms with Gasteiger partial charge >= 0.3 is 11.9 Å². The van der Waals surface area contributed by atoms with Gasteiger partial charge < -0.3 is 4.40 Å². The molecule has 2 aromatic rings. The highest BCUT2D eigenvalue weighted by Crippen LogP contribution is 2.30.